The third-order valence-corrected chi connectivity index (χ3v) is 0. The van der Waals surface area contributed by atoms with Gasteiger partial charge in [0.1, 0.15) is 0 Å². The molecule has 56 valence electrons. The van der Waals surface area contributed by atoms with Gasteiger partial charge in [-0.15, -0.1) is 0 Å². The van der Waals surface area contributed by atoms with Gasteiger partial charge in [-0.2, -0.15) is 0 Å². The zero-order valence-corrected chi connectivity index (χ0v) is 5.97. The summed E-state index contributed by atoms with van der Waals surface area (Å²) >= 11 is -11.2. The van der Waals surface area contributed by atoms with Gasteiger partial charge in [-0.1, -0.05) is 0 Å². The van der Waals surface area contributed by atoms with Crippen molar-refractivity contribution in [2.45, 2.75) is 0 Å². The van der Waals surface area contributed by atoms with E-state index in [1.54, 1.807) is 0 Å². The van der Waals surface area contributed by atoms with Crippen LogP contribution in [0.25, 0.3) is 0 Å². The SMILES string of the molecule is N.[F][Sb-]([F])([F])([F])([F])[F].[H+]. The Balaban J connectivity index is -0.000000180. The van der Waals surface area contributed by atoms with Gasteiger partial charge in [0.2, 0.25) is 0 Å². The predicted octanol–water partition coefficient (Wildman–Crippen LogP) is 2.41. The zero-order valence-electron chi connectivity index (χ0n) is 4.42. The molecular weight excluding hydrogens is 250 g/mol. The van der Waals surface area contributed by atoms with Crippen LogP contribution in [0, 0.1) is 0 Å². The van der Waals surface area contributed by atoms with Gasteiger partial charge in [-0.25, -0.2) is 0 Å². The van der Waals surface area contributed by atoms with Crippen molar-refractivity contribution in [3.8, 4) is 0 Å². The second-order valence-corrected chi connectivity index (χ2v) is 6.43. The van der Waals surface area contributed by atoms with Crippen LogP contribution < -0.4 is 6.15 Å². The van der Waals surface area contributed by atoms with Crippen LogP contribution in [0.2, 0.25) is 0 Å². The minimum absolute atomic E-state index is 0. The summed E-state index contributed by atoms with van der Waals surface area (Å²) in [6.45, 7) is 0. The van der Waals surface area contributed by atoms with E-state index in [-0.39, 0.29) is 7.58 Å². The molecule has 0 aromatic carbocycles. The van der Waals surface area contributed by atoms with Crippen molar-refractivity contribution in [2.24, 2.45) is 0 Å². The van der Waals surface area contributed by atoms with Crippen LogP contribution >= 0.6 is 0 Å². The van der Waals surface area contributed by atoms with Crippen LogP contribution in [0.5, 0.6) is 0 Å². The van der Waals surface area contributed by atoms with E-state index in [1.807, 2.05) is 0 Å². The zero-order chi connectivity index (χ0) is 6.41. The second kappa shape index (κ2) is 1.26. The fourth-order valence-corrected chi connectivity index (χ4v) is 0. The Morgan fingerprint density at radius 3 is 0.750 bits per heavy atom. The summed E-state index contributed by atoms with van der Waals surface area (Å²) in [5.41, 5.74) is 0. The molecule has 0 saturated heterocycles. The number of hydrogen-bond acceptors (Lipinski definition) is 1. The molecule has 0 aromatic rings. The van der Waals surface area contributed by atoms with Crippen LogP contribution in [0.15, 0.2) is 0 Å². The average molecular weight is 254 g/mol. The molecule has 0 saturated carbocycles. The quantitative estimate of drug-likeness (QED) is 0.522. The minimum Gasteiger partial charge on any atom is 1.00 e. The Labute approximate surface area is 44.6 Å². The molecule has 1 nitrogen and oxygen atoms in total. The fraction of sp³-hybridized carbons (Fsp3) is 0. The van der Waals surface area contributed by atoms with E-state index in [0.29, 0.717) is 0 Å². The van der Waals surface area contributed by atoms with Gasteiger partial charge in [-0.3, -0.25) is 0 Å². The maximum absolute atomic E-state index is 11.2. The van der Waals surface area contributed by atoms with Gasteiger partial charge >= 0.3 is 37.8 Å². The molecule has 0 amide bonds. The summed E-state index contributed by atoms with van der Waals surface area (Å²) in [6, 6.07) is 0. The number of hydrogen-bond donors (Lipinski definition) is 1. The van der Waals surface area contributed by atoms with Crippen LogP contribution in [-0.4, -0.2) is 19.5 Å². The van der Waals surface area contributed by atoms with E-state index >= 15 is 0 Å². The van der Waals surface area contributed by atoms with Crippen molar-refractivity contribution in [2.75, 3.05) is 0 Å². The number of halogens is 6. The molecule has 8 heteroatoms. The van der Waals surface area contributed by atoms with Gasteiger partial charge in [0.05, 0.1) is 0 Å². The molecule has 0 aromatic heterocycles. The van der Waals surface area contributed by atoms with E-state index in [9.17, 15) is 16.9 Å². The fourth-order valence-electron chi connectivity index (χ4n) is 0. The molecule has 8 heavy (non-hydrogen) atoms. The molecule has 3 N–H and O–H groups in total. The normalized spacial score (nSPS) is 20.2. The maximum Gasteiger partial charge on any atom is 1.00 e. The summed E-state index contributed by atoms with van der Waals surface area (Å²) in [7, 11) is 0. The average Bonchev–Trinajstić information content (AvgIpc) is 0.592. The Bertz CT molecular complexity index is 71.6. The van der Waals surface area contributed by atoms with Crippen molar-refractivity contribution in [3.05, 3.63) is 0 Å². The van der Waals surface area contributed by atoms with Crippen LogP contribution in [0.4, 0.5) is 16.9 Å². The second-order valence-electron chi connectivity index (χ2n) is 0.958. The summed E-state index contributed by atoms with van der Waals surface area (Å²) in [4.78, 5) is 0. The molecule has 0 heterocycles. The maximum atomic E-state index is 9.93. The van der Waals surface area contributed by atoms with Crippen molar-refractivity contribution < 1.29 is 18.3 Å². The van der Waals surface area contributed by atoms with Gasteiger partial charge < -0.3 is 6.15 Å². The van der Waals surface area contributed by atoms with Gasteiger partial charge in [0.15, 0.2) is 0 Å². The van der Waals surface area contributed by atoms with Crippen molar-refractivity contribution in [3.63, 3.8) is 0 Å². The first-order valence-electron chi connectivity index (χ1n) is 1.01. The van der Waals surface area contributed by atoms with E-state index in [0.717, 1.165) is 0 Å². The molecule has 0 aliphatic carbocycles. The standard InChI is InChI=1S/6FH.H3N.Sb/h6*1H;1H3;/q;;;;;;;+5/p-5. The third-order valence-electron chi connectivity index (χ3n) is 0. The third kappa shape index (κ3) is 1420. The molecule has 0 radical (unpaired) electrons. The van der Waals surface area contributed by atoms with E-state index < -0.39 is 19.5 Å². The summed E-state index contributed by atoms with van der Waals surface area (Å²) in [6.07, 6.45) is 0. The summed E-state index contributed by atoms with van der Waals surface area (Å²) < 4.78 is 59.6. The molecule has 0 unspecified atom stereocenters. The van der Waals surface area contributed by atoms with E-state index in [1.165, 1.54) is 0 Å². The Kier molecular flexibility index (Phi) is 1.76. The Morgan fingerprint density at radius 1 is 0.750 bits per heavy atom. The van der Waals surface area contributed by atoms with Gasteiger partial charge in [0.25, 0.3) is 0 Å². The van der Waals surface area contributed by atoms with Gasteiger partial charge in [-0.05, 0) is 0 Å². The Hall–Kier alpha value is 0.358. The van der Waals surface area contributed by atoms with Crippen molar-refractivity contribution in [1.82, 2.24) is 6.15 Å². The van der Waals surface area contributed by atoms with Crippen molar-refractivity contribution in [1.29, 1.82) is 0 Å². The van der Waals surface area contributed by atoms with E-state index in [4.69, 9.17) is 0 Å². The predicted molar refractivity (Wildman–Crippen MR) is 18.5 cm³/mol. The molecule has 0 aliphatic rings. The first-order chi connectivity index (χ1) is 2.45. The van der Waals surface area contributed by atoms with Crippen LogP contribution in [0.3, 0.4) is 0 Å². The van der Waals surface area contributed by atoms with E-state index in [2.05, 4.69) is 0 Å². The molecule has 0 bridgehead atoms. The minimum atomic E-state index is -11.2. The van der Waals surface area contributed by atoms with Crippen molar-refractivity contribution >= 4 is 19.5 Å². The van der Waals surface area contributed by atoms with Crippen LogP contribution in [-0.2, 0) is 0 Å². The monoisotopic (exact) mass is 253 g/mol. The first-order valence-corrected chi connectivity index (χ1v) is 6.80. The molecule has 0 atom stereocenters. The topological polar surface area (TPSA) is 35.0 Å². The smallest absolute Gasteiger partial charge is 1.00 e. The first kappa shape index (κ1) is 11.2. The molecule has 0 aliphatic heterocycles. The van der Waals surface area contributed by atoms with Crippen LogP contribution in [0.1, 0.15) is 1.43 Å². The van der Waals surface area contributed by atoms with Gasteiger partial charge in [0, 0.05) is 0 Å². The summed E-state index contributed by atoms with van der Waals surface area (Å²) in [5.74, 6) is 0. The largest absolute Gasteiger partial charge is 1.00 e. The molecular formula is H4F6NSb. The molecule has 0 fully saturated rings. The molecule has 0 spiro atoms. The summed E-state index contributed by atoms with van der Waals surface area (Å²) in [5, 5.41) is 0. The Morgan fingerprint density at radius 2 is 0.750 bits per heavy atom. The molecule has 0 rings (SSSR count). The number of rotatable bonds is 0.